The number of amides is 2. The van der Waals surface area contributed by atoms with Crippen LogP contribution in [-0.2, 0) is 0 Å². The Kier molecular flexibility index (Phi) is 7.01. The number of nitro groups is 1. The highest BCUT2D eigenvalue weighted by atomic mass is 127. The number of anilines is 2. The summed E-state index contributed by atoms with van der Waals surface area (Å²) >= 11 is 2.18. The lowest BCUT2D eigenvalue weighted by atomic mass is 10.1. The molecule has 0 radical (unpaired) electrons. The van der Waals surface area contributed by atoms with Crippen LogP contribution in [0.5, 0.6) is 0 Å². The number of nitrogens with zero attached hydrogens (tertiary/aromatic N) is 3. The number of nitro benzene ring substituents is 1. The van der Waals surface area contributed by atoms with Crippen molar-refractivity contribution in [3.8, 4) is 0 Å². The molecule has 3 aromatic rings. The van der Waals surface area contributed by atoms with Gasteiger partial charge in [-0.1, -0.05) is 36.4 Å². The van der Waals surface area contributed by atoms with Crippen molar-refractivity contribution in [2.45, 2.75) is 6.92 Å². The highest BCUT2D eigenvalue weighted by molar-refractivity contribution is 14.1. The Hall–Kier alpha value is -3.27. The smallest absolute Gasteiger partial charge is 0.282 e. The monoisotopic (exact) mass is 529 g/mol. The summed E-state index contributed by atoms with van der Waals surface area (Å²) in [5.41, 5.74) is 1.16. The van der Waals surface area contributed by atoms with E-state index in [2.05, 4.69) is 22.6 Å². The zero-order valence-electron chi connectivity index (χ0n) is 17.0. The predicted octanol–water partition coefficient (Wildman–Crippen LogP) is 5.14. The van der Waals surface area contributed by atoms with Crippen molar-refractivity contribution in [3.05, 3.63) is 97.6 Å². The quantitative estimate of drug-likeness (QED) is 0.252. The minimum absolute atomic E-state index is 0.0396. The lowest BCUT2D eigenvalue weighted by molar-refractivity contribution is -0.385. The fourth-order valence-electron chi connectivity index (χ4n) is 3.29. The average molecular weight is 529 g/mol. The van der Waals surface area contributed by atoms with E-state index in [0.717, 1.165) is 9.26 Å². The van der Waals surface area contributed by atoms with Crippen LogP contribution in [0.1, 0.15) is 27.6 Å². The van der Waals surface area contributed by atoms with Crippen molar-refractivity contribution in [2.24, 2.45) is 0 Å². The van der Waals surface area contributed by atoms with E-state index in [-0.39, 0.29) is 17.2 Å². The first-order valence-corrected chi connectivity index (χ1v) is 10.6. The van der Waals surface area contributed by atoms with E-state index in [9.17, 15) is 19.7 Å². The van der Waals surface area contributed by atoms with Crippen LogP contribution in [0.25, 0.3) is 0 Å². The van der Waals surface area contributed by atoms with E-state index in [4.69, 9.17) is 0 Å². The summed E-state index contributed by atoms with van der Waals surface area (Å²) in [6.45, 7) is 2.32. The van der Waals surface area contributed by atoms with Gasteiger partial charge in [-0.3, -0.25) is 19.7 Å². The van der Waals surface area contributed by atoms with Gasteiger partial charge in [-0.2, -0.15) is 0 Å². The molecule has 7 nitrogen and oxygen atoms in total. The second-order valence-electron chi connectivity index (χ2n) is 6.66. The van der Waals surface area contributed by atoms with Crippen molar-refractivity contribution in [1.82, 2.24) is 0 Å². The van der Waals surface area contributed by atoms with E-state index in [0.29, 0.717) is 17.8 Å². The molecular weight excluding hydrogens is 509 g/mol. The van der Waals surface area contributed by atoms with Gasteiger partial charge in [0.15, 0.2) is 0 Å². The first-order valence-electron chi connectivity index (χ1n) is 9.53. The molecule has 0 aliphatic heterocycles. The number of hydrogen-bond acceptors (Lipinski definition) is 4. The van der Waals surface area contributed by atoms with Crippen molar-refractivity contribution >= 4 is 51.5 Å². The van der Waals surface area contributed by atoms with Crippen molar-refractivity contribution in [2.75, 3.05) is 23.4 Å². The third-order valence-corrected chi connectivity index (χ3v) is 5.75. The molecule has 3 aromatic carbocycles. The molecule has 0 fully saturated rings. The Labute approximate surface area is 193 Å². The lowest BCUT2D eigenvalue weighted by Crippen LogP contribution is -2.34. The van der Waals surface area contributed by atoms with Gasteiger partial charge in [0.05, 0.1) is 21.9 Å². The maximum atomic E-state index is 13.5. The molecule has 0 saturated heterocycles. The summed E-state index contributed by atoms with van der Waals surface area (Å²) in [7, 11) is 1.51. The summed E-state index contributed by atoms with van der Waals surface area (Å²) in [6, 6.07) is 20.1. The first kappa shape index (κ1) is 22.4. The normalized spacial score (nSPS) is 10.4. The third kappa shape index (κ3) is 4.58. The number of hydrogen-bond donors (Lipinski definition) is 0. The Bertz CT molecular complexity index is 1150. The minimum Gasteiger partial charge on any atom is -0.310 e. The van der Waals surface area contributed by atoms with Crippen LogP contribution in [0.2, 0.25) is 0 Å². The summed E-state index contributed by atoms with van der Waals surface area (Å²) in [5, 5.41) is 11.4. The molecule has 0 atom stereocenters. The minimum atomic E-state index is -0.589. The van der Waals surface area contributed by atoms with Crippen molar-refractivity contribution in [3.63, 3.8) is 0 Å². The van der Waals surface area contributed by atoms with Gasteiger partial charge < -0.3 is 9.80 Å². The molecule has 0 bridgehead atoms. The average Bonchev–Trinajstić information content (AvgIpc) is 2.79. The molecular formula is C23H20IN3O4. The number of halogens is 1. The van der Waals surface area contributed by atoms with Crippen LogP contribution in [0, 0.1) is 13.7 Å². The number of carbonyl (C=O) groups excluding carboxylic acids is 2. The van der Waals surface area contributed by atoms with Crippen LogP contribution in [0.3, 0.4) is 0 Å². The zero-order valence-corrected chi connectivity index (χ0v) is 19.1. The maximum Gasteiger partial charge on any atom is 0.282 e. The molecule has 0 unspecified atom stereocenters. The van der Waals surface area contributed by atoms with Crippen LogP contribution in [0.15, 0.2) is 72.8 Å². The molecule has 8 heteroatoms. The molecule has 0 aliphatic rings. The van der Waals surface area contributed by atoms with E-state index in [1.165, 1.54) is 30.1 Å². The molecule has 0 heterocycles. The van der Waals surface area contributed by atoms with E-state index in [1.807, 2.05) is 31.2 Å². The van der Waals surface area contributed by atoms with Crippen molar-refractivity contribution < 1.29 is 14.5 Å². The fraction of sp³-hybridized carbons (Fsp3) is 0.130. The summed E-state index contributed by atoms with van der Waals surface area (Å²) < 4.78 is 0.928. The lowest BCUT2D eigenvalue weighted by Gasteiger charge is -2.26. The number of carbonyl (C=O) groups is 2. The largest absolute Gasteiger partial charge is 0.310 e. The molecule has 158 valence electrons. The van der Waals surface area contributed by atoms with Gasteiger partial charge in [-0.05, 0) is 59.8 Å². The van der Waals surface area contributed by atoms with Crippen LogP contribution in [-0.4, -0.2) is 30.3 Å². The van der Waals surface area contributed by atoms with Gasteiger partial charge >= 0.3 is 0 Å². The number of benzene rings is 3. The second-order valence-corrected chi connectivity index (χ2v) is 7.82. The molecule has 0 aliphatic carbocycles. The fourth-order valence-corrected chi connectivity index (χ4v) is 3.97. The van der Waals surface area contributed by atoms with Gasteiger partial charge in [0.25, 0.3) is 17.5 Å². The van der Waals surface area contributed by atoms with E-state index < -0.39 is 10.8 Å². The van der Waals surface area contributed by atoms with Gasteiger partial charge in [0, 0.05) is 23.2 Å². The molecule has 0 spiro atoms. The Morgan fingerprint density at radius 2 is 1.42 bits per heavy atom. The third-order valence-electron chi connectivity index (χ3n) is 4.84. The van der Waals surface area contributed by atoms with E-state index >= 15 is 0 Å². The Morgan fingerprint density at radius 1 is 0.871 bits per heavy atom. The van der Waals surface area contributed by atoms with E-state index in [1.54, 1.807) is 35.2 Å². The van der Waals surface area contributed by atoms with Crippen LogP contribution < -0.4 is 9.80 Å². The van der Waals surface area contributed by atoms with Gasteiger partial charge in [0.1, 0.15) is 5.56 Å². The van der Waals surface area contributed by atoms with Gasteiger partial charge in [0.2, 0.25) is 0 Å². The molecule has 0 N–H and O–H groups in total. The summed E-state index contributed by atoms with van der Waals surface area (Å²) in [6.07, 6.45) is 0. The molecule has 0 saturated carbocycles. The summed E-state index contributed by atoms with van der Waals surface area (Å²) in [5.74, 6) is -0.825. The SMILES string of the molecule is CCN(C(=O)c1ccccc1N(C)C(=O)c1ccccc1[N+](=O)[O-])c1ccccc1I. The predicted molar refractivity (Wildman–Crippen MR) is 129 cm³/mol. The van der Waals surface area contributed by atoms with Crippen LogP contribution >= 0.6 is 22.6 Å². The van der Waals surface area contributed by atoms with Gasteiger partial charge in [-0.15, -0.1) is 0 Å². The molecule has 0 aromatic heterocycles. The molecule has 31 heavy (non-hydrogen) atoms. The summed E-state index contributed by atoms with van der Waals surface area (Å²) in [4.78, 5) is 40.3. The standard InChI is InChI=1S/C23H20IN3O4/c1-3-26(21-15-9-6-12-18(21)24)23(29)16-10-4-7-13-19(16)25(2)22(28)17-11-5-8-14-20(17)27(30)31/h4-15H,3H2,1-2H3. The zero-order chi connectivity index (χ0) is 22.5. The molecule has 2 amide bonds. The van der Waals surface area contributed by atoms with Crippen LogP contribution in [0.4, 0.5) is 17.1 Å². The maximum absolute atomic E-state index is 13.5. The molecule has 3 rings (SSSR count). The van der Waals surface area contributed by atoms with Crippen molar-refractivity contribution in [1.29, 1.82) is 0 Å². The highest BCUT2D eigenvalue weighted by Gasteiger charge is 2.27. The van der Waals surface area contributed by atoms with Gasteiger partial charge in [-0.25, -0.2) is 0 Å². The Balaban J connectivity index is 2.02. The first-order chi connectivity index (χ1) is 14.9. The number of rotatable bonds is 6. The topological polar surface area (TPSA) is 83.8 Å². The number of para-hydroxylation sites is 3. The Morgan fingerprint density at radius 3 is 2.03 bits per heavy atom. The highest BCUT2D eigenvalue weighted by Crippen LogP contribution is 2.29. The second kappa shape index (κ2) is 9.69.